The first-order chi connectivity index (χ1) is 6.39. The number of hydrogen-bond donors (Lipinski definition) is 1. The van der Waals surface area contributed by atoms with Crippen molar-refractivity contribution in [1.29, 1.82) is 0 Å². The molecule has 1 rings (SSSR count). The second kappa shape index (κ2) is 4.02. The van der Waals surface area contributed by atoms with Crippen LogP contribution < -0.4 is 4.52 Å². The maximum Gasteiger partial charge on any atom is 0.416 e. The Morgan fingerprint density at radius 1 is 1.21 bits per heavy atom. The van der Waals surface area contributed by atoms with Crippen LogP contribution in [0.5, 0.6) is 5.75 Å². The summed E-state index contributed by atoms with van der Waals surface area (Å²) in [5, 5.41) is 0. The molecule has 0 saturated heterocycles. The molecule has 0 fully saturated rings. The Morgan fingerprint density at radius 3 is 2.07 bits per heavy atom. The SMILES string of the molecule is O=[PH](O)Oc1ccc(C(F)(F)F)cc1. The standard InChI is InChI=1S/C7H6F3O3P/c8-7(9,10)5-1-3-6(4-2-5)13-14(11)12/h1-4,14H,(H,11,12). The quantitative estimate of drug-likeness (QED) is 0.788. The normalized spacial score (nSPS) is 13.7. The molecule has 0 amide bonds. The molecule has 14 heavy (non-hydrogen) atoms. The molecule has 0 aromatic heterocycles. The minimum absolute atomic E-state index is 0.0654. The van der Waals surface area contributed by atoms with E-state index in [0.29, 0.717) is 0 Å². The largest absolute Gasteiger partial charge is 0.426 e. The lowest BCUT2D eigenvalue weighted by Gasteiger charge is -2.07. The average Bonchev–Trinajstić information content (AvgIpc) is 2.02. The Kier molecular flexibility index (Phi) is 3.18. The first kappa shape index (κ1) is 11.1. The van der Waals surface area contributed by atoms with E-state index in [0.717, 1.165) is 24.3 Å². The minimum atomic E-state index is -4.41. The third kappa shape index (κ3) is 3.05. The molecule has 78 valence electrons. The highest BCUT2D eigenvalue weighted by molar-refractivity contribution is 7.32. The molecule has 1 N–H and O–H groups in total. The van der Waals surface area contributed by atoms with Gasteiger partial charge in [0.2, 0.25) is 0 Å². The van der Waals surface area contributed by atoms with Crippen molar-refractivity contribution in [1.82, 2.24) is 0 Å². The fourth-order valence-electron chi connectivity index (χ4n) is 0.813. The third-order valence-corrected chi connectivity index (χ3v) is 1.80. The van der Waals surface area contributed by atoms with Gasteiger partial charge in [0.15, 0.2) is 0 Å². The van der Waals surface area contributed by atoms with Gasteiger partial charge in [-0.2, -0.15) is 13.2 Å². The van der Waals surface area contributed by atoms with Crippen LogP contribution >= 0.6 is 8.25 Å². The van der Waals surface area contributed by atoms with Gasteiger partial charge in [-0.3, -0.25) is 0 Å². The topological polar surface area (TPSA) is 46.5 Å². The number of hydrogen-bond acceptors (Lipinski definition) is 2. The van der Waals surface area contributed by atoms with Crippen LogP contribution in [0.3, 0.4) is 0 Å². The molecule has 0 aliphatic carbocycles. The van der Waals surface area contributed by atoms with Gasteiger partial charge in [-0.05, 0) is 24.3 Å². The predicted octanol–water partition coefficient (Wildman–Crippen LogP) is 2.47. The van der Waals surface area contributed by atoms with Crippen molar-refractivity contribution in [3.63, 3.8) is 0 Å². The van der Waals surface area contributed by atoms with Crippen molar-refractivity contribution >= 4 is 8.25 Å². The fraction of sp³-hybridized carbons (Fsp3) is 0.143. The molecule has 1 aromatic carbocycles. The molecule has 0 aliphatic rings. The van der Waals surface area contributed by atoms with Crippen molar-refractivity contribution in [2.45, 2.75) is 6.18 Å². The van der Waals surface area contributed by atoms with Gasteiger partial charge in [-0.15, -0.1) is 0 Å². The van der Waals surface area contributed by atoms with E-state index in [-0.39, 0.29) is 5.75 Å². The van der Waals surface area contributed by atoms with Crippen LogP contribution in [0.15, 0.2) is 24.3 Å². The number of halogens is 3. The summed E-state index contributed by atoms with van der Waals surface area (Å²) in [4.78, 5) is 8.34. The van der Waals surface area contributed by atoms with Crippen molar-refractivity contribution in [2.24, 2.45) is 0 Å². The second-order valence-electron chi connectivity index (χ2n) is 2.39. The van der Waals surface area contributed by atoms with Crippen LogP contribution in [0.25, 0.3) is 0 Å². The Morgan fingerprint density at radius 2 is 1.71 bits per heavy atom. The summed E-state index contributed by atoms with van der Waals surface area (Å²) in [5.74, 6) is -0.0654. The van der Waals surface area contributed by atoms with Crippen molar-refractivity contribution in [3.8, 4) is 5.75 Å². The Hall–Kier alpha value is -1.00. The molecular weight excluding hydrogens is 220 g/mol. The van der Waals surface area contributed by atoms with E-state index in [9.17, 15) is 17.7 Å². The van der Waals surface area contributed by atoms with E-state index in [4.69, 9.17) is 4.89 Å². The van der Waals surface area contributed by atoms with Crippen LogP contribution in [0.2, 0.25) is 0 Å². The molecule has 0 aliphatic heterocycles. The summed E-state index contributed by atoms with van der Waals surface area (Å²) in [6, 6.07) is 3.53. The molecule has 1 aromatic rings. The maximum absolute atomic E-state index is 12.0. The lowest BCUT2D eigenvalue weighted by Crippen LogP contribution is -2.03. The smallest absolute Gasteiger partial charge is 0.416 e. The maximum atomic E-state index is 12.0. The summed E-state index contributed by atoms with van der Waals surface area (Å²) in [5.41, 5.74) is -0.831. The average molecular weight is 226 g/mol. The van der Waals surface area contributed by atoms with Crippen molar-refractivity contribution < 1.29 is 27.2 Å². The van der Waals surface area contributed by atoms with Gasteiger partial charge in [0, 0.05) is 0 Å². The van der Waals surface area contributed by atoms with Crippen LogP contribution in [-0.4, -0.2) is 4.89 Å². The Labute approximate surface area is 78.1 Å². The first-order valence-electron chi connectivity index (χ1n) is 3.47. The highest BCUT2D eigenvalue weighted by Crippen LogP contribution is 2.31. The van der Waals surface area contributed by atoms with Gasteiger partial charge in [0.25, 0.3) is 0 Å². The van der Waals surface area contributed by atoms with Crippen LogP contribution in [0.4, 0.5) is 13.2 Å². The summed E-state index contributed by atoms with van der Waals surface area (Å²) < 4.78 is 50.6. The van der Waals surface area contributed by atoms with Gasteiger partial charge in [0.05, 0.1) is 5.56 Å². The summed E-state index contributed by atoms with van der Waals surface area (Å²) >= 11 is 0. The first-order valence-corrected chi connectivity index (χ1v) is 4.74. The predicted molar refractivity (Wildman–Crippen MR) is 43.3 cm³/mol. The zero-order chi connectivity index (χ0) is 10.8. The molecule has 0 bridgehead atoms. The third-order valence-electron chi connectivity index (χ3n) is 1.39. The molecule has 0 saturated carbocycles. The fourth-order valence-corrected chi connectivity index (χ4v) is 1.15. The van der Waals surface area contributed by atoms with Gasteiger partial charge >= 0.3 is 14.4 Å². The van der Waals surface area contributed by atoms with Gasteiger partial charge in [0.1, 0.15) is 5.75 Å². The summed E-state index contributed by atoms with van der Waals surface area (Å²) in [7, 11) is -3.17. The van der Waals surface area contributed by atoms with E-state index in [1.807, 2.05) is 0 Å². The Balaban J connectivity index is 2.84. The highest BCUT2D eigenvalue weighted by atomic mass is 31.1. The van der Waals surface area contributed by atoms with E-state index < -0.39 is 20.0 Å². The van der Waals surface area contributed by atoms with Gasteiger partial charge < -0.3 is 9.42 Å². The lowest BCUT2D eigenvalue weighted by molar-refractivity contribution is -0.137. The molecule has 3 nitrogen and oxygen atoms in total. The van der Waals surface area contributed by atoms with Crippen molar-refractivity contribution in [2.75, 3.05) is 0 Å². The molecule has 0 radical (unpaired) electrons. The van der Waals surface area contributed by atoms with Crippen LogP contribution in [-0.2, 0) is 10.7 Å². The monoisotopic (exact) mass is 226 g/mol. The molecule has 0 heterocycles. The van der Waals surface area contributed by atoms with Crippen LogP contribution in [0, 0.1) is 0 Å². The number of rotatable bonds is 2. The number of alkyl halides is 3. The molecule has 1 atom stereocenters. The molecule has 0 spiro atoms. The molecule has 1 unspecified atom stereocenters. The molecule has 7 heteroatoms. The zero-order valence-electron chi connectivity index (χ0n) is 6.71. The van der Waals surface area contributed by atoms with Crippen LogP contribution in [0.1, 0.15) is 5.56 Å². The zero-order valence-corrected chi connectivity index (χ0v) is 7.71. The molecular formula is C7H6F3O3P. The van der Waals surface area contributed by atoms with E-state index >= 15 is 0 Å². The summed E-state index contributed by atoms with van der Waals surface area (Å²) in [6.07, 6.45) is -4.41. The highest BCUT2D eigenvalue weighted by Gasteiger charge is 2.29. The summed E-state index contributed by atoms with van der Waals surface area (Å²) in [6.45, 7) is 0. The second-order valence-corrected chi connectivity index (χ2v) is 3.13. The van der Waals surface area contributed by atoms with Gasteiger partial charge in [-0.1, -0.05) is 0 Å². The minimum Gasteiger partial charge on any atom is -0.426 e. The van der Waals surface area contributed by atoms with Crippen molar-refractivity contribution in [3.05, 3.63) is 29.8 Å². The van der Waals surface area contributed by atoms with E-state index in [1.165, 1.54) is 0 Å². The Bertz CT molecular complexity index is 333. The van der Waals surface area contributed by atoms with E-state index in [2.05, 4.69) is 4.52 Å². The van der Waals surface area contributed by atoms with E-state index in [1.54, 1.807) is 0 Å². The lowest BCUT2D eigenvalue weighted by atomic mass is 10.2. The number of benzene rings is 1. The van der Waals surface area contributed by atoms with Gasteiger partial charge in [-0.25, -0.2) is 4.57 Å².